The SMILES string of the molecule is NC1C=CC(C(=O)N2CC(CC(=O)O)C2)C1. The van der Waals surface area contributed by atoms with E-state index < -0.39 is 5.97 Å². The zero-order valence-corrected chi connectivity index (χ0v) is 9.00. The molecule has 2 rings (SSSR count). The maximum Gasteiger partial charge on any atom is 0.303 e. The van der Waals surface area contributed by atoms with Gasteiger partial charge in [0.2, 0.25) is 5.91 Å². The Balaban J connectivity index is 1.77. The first-order valence-corrected chi connectivity index (χ1v) is 5.50. The maximum atomic E-state index is 11.9. The molecule has 0 spiro atoms. The summed E-state index contributed by atoms with van der Waals surface area (Å²) in [6.07, 6.45) is 4.55. The highest BCUT2D eigenvalue weighted by atomic mass is 16.4. The number of nitrogens with two attached hydrogens (primary N) is 1. The third-order valence-electron chi connectivity index (χ3n) is 3.17. The Morgan fingerprint density at radius 1 is 1.38 bits per heavy atom. The van der Waals surface area contributed by atoms with E-state index in [0.717, 1.165) is 0 Å². The molecule has 0 radical (unpaired) electrons. The van der Waals surface area contributed by atoms with Crippen LogP contribution in [0.25, 0.3) is 0 Å². The van der Waals surface area contributed by atoms with Crippen molar-refractivity contribution in [2.45, 2.75) is 18.9 Å². The standard InChI is InChI=1S/C11H16N2O3/c12-9-2-1-8(4-9)11(16)13-5-7(6-13)3-10(14)15/h1-2,7-9H,3-6,12H2,(H,14,15). The van der Waals surface area contributed by atoms with E-state index in [-0.39, 0.29) is 30.2 Å². The van der Waals surface area contributed by atoms with Crippen molar-refractivity contribution in [2.24, 2.45) is 17.6 Å². The highest BCUT2D eigenvalue weighted by Gasteiger charge is 2.35. The van der Waals surface area contributed by atoms with Crippen LogP contribution in [0.1, 0.15) is 12.8 Å². The number of carboxylic acid groups (broad SMARTS) is 1. The van der Waals surface area contributed by atoms with Gasteiger partial charge in [0.05, 0.1) is 12.3 Å². The maximum absolute atomic E-state index is 11.9. The molecular weight excluding hydrogens is 208 g/mol. The summed E-state index contributed by atoms with van der Waals surface area (Å²) in [7, 11) is 0. The Kier molecular flexibility index (Phi) is 2.96. The van der Waals surface area contributed by atoms with Crippen molar-refractivity contribution in [3.63, 3.8) is 0 Å². The molecule has 0 aromatic heterocycles. The van der Waals surface area contributed by atoms with E-state index in [1.807, 2.05) is 12.2 Å². The van der Waals surface area contributed by atoms with Crippen molar-refractivity contribution in [3.05, 3.63) is 12.2 Å². The summed E-state index contributed by atoms with van der Waals surface area (Å²) in [5, 5.41) is 8.59. The minimum Gasteiger partial charge on any atom is -0.481 e. The van der Waals surface area contributed by atoms with Crippen LogP contribution < -0.4 is 5.73 Å². The molecule has 1 aliphatic heterocycles. The van der Waals surface area contributed by atoms with Crippen LogP contribution in [0.3, 0.4) is 0 Å². The molecule has 1 saturated heterocycles. The van der Waals surface area contributed by atoms with Crippen LogP contribution in [-0.4, -0.2) is 41.0 Å². The molecule has 16 heavy (non-hydrogen) atoms. The largest absolute Gasteiger partial charge is 0.481 e. The zero-order chi connectivity index (χ0) is 11.7. The molecular formula is C11H16N2O3. The fourth-order valence-electron chi connectivity index (χ4n) is 2.27. The molecule has 0 bridgehead atoms. The third-order valence-corrected chi connectivity index (χ3v) is 3.17. The van der Waals surface area contributed by atoms with Crippen LogP contribution in [0, 0.1) is 11.8 Å². The topological polar surface area (TPSA) is 83.6 Å². The van der Waals surface area contributed by atoms with Crippen molar-refractivity contribution in [2.75, 3.05) is 13.1 Å². The predicted octanol–water partition coefficient (Wildman–Crippen LogP) is -0.177. The Morgan fingerprint density at radius 3 is 2.56 bits per heavy atom. The van der Waals surface area contributed by atoms with Crippen molar-refractivity contribution in [1.82, 2.24) is 4.90 Å². The number of aliphatic carboxylic acids is 1. The molecule has 2 unspecified atom stereocenters. The van der Waals surface area contributed by atoms with Gasteiger partial charge in [0.1, 0.15) is 0 Å². The van der Waals surface area contributed by atoms with Gasteiger partial charge in [-0.15, -0.1) is 0 Å². The van der Waals surface area contributed by atoms with Gasteiger partial charge >= 0.3 is 5.97 Å². The third kappa shape index (κ3) is 2.24. The molecule has 2 atom stereocenters. The van der Waals surface area contributed by atoms with Gasteiger partial charge < -0.3 is 15.7 Å². The van der Waals surface area contributed by atoms with Crippen molar-refractivity contribution in [3.8, 4) is 0 Å². The number of hydrogen-bond acceptors (Lipinski definition) is 3. The zero-order valence-electron chi connectivity index (χ0n) is 9.00. The van der Waals surface area contributed by atoms with E-state index in [0.29, 0.717) is 19.5 Å². The van der Waals surface area contributed by atoms with Crippen LogP contribution in [0.4, 0.5) is 0 Å². The molecule has 5 heteroatoms. The molecule has 1 fully saturated rings. The van der Waals surface area contributed by atoms with Gasteiger partial charge in [-0.1, -0.05) is 12.2 Å². The van der Waals surface area contributed by atoms with Gasteiger partial charge in [-0.05, 0) is 6.42 Å². The monoisotopic (exact) mass is 224 g/mol. The smallest absolute Gasteiger partial charge is 0.303 e. The minimum absolute atomic E-state index is 0.00922. The van der Waals surface area contributed by atoms with Gasteiger partial charge in [-0.25, -0.2) is 0 Å². The summed E-state index contributed by atoms with van der Waals surface area (Å²) in [5.41, 5.74) is 5.68. The highest BCUT2D eigenvalue weighted by Crippen LogP contribution is 2.25. The average molecular weight is 224 g/mol. The van der Waals surface area contributed by atoms with Crippen molar-refractivity contribution < 1.29 is 14.7 Å². The molecule has 1 amide bonds. The van der Waals surface area contributed by atoms with Gasteiger partial charge in [0.25, 0.3) is 0 Å². The second-order valence-corrected chi connectivity index (χ2v) is 4.60. The van der Waals surface area contributed by atoms with E-state index in [1.54, 1.807) is 4.90 Å². The number of carbonyl (C=O) groups excluding carboxylic acids is 1. The van der Waals surface area contributed by atoms with Gasteiger partial charge in [-0.2, -0.15) is 0 Å². The fraction of sp³-hybridized carbons (Fsp3) is 0.636. The molecule has 3 N–H and O–H groups in total. The number of nitrogens with zero attached hydrogens (tertiary/aromatic N) is 1. The van der Waals surface area contributed by atoms with Crippen LogP contribution in [0.5, 0.6) is 0 Å². The van der Waals surface area contributed by atoms with Gasteiger partial charge in [0, 0.05) is 25.0 Å². The van der Waals surface area contributed by atoms with E-state index in [1.165, 1.54) is 0 Å². The molecule has 0 aromatic carbocycles. The normalized spacial score (nSPS) is 29.2. The summed E-state index contributed by atoms with van der Waals surface area (Å²) in [4.78, 5) is 24.0. The number of carboxylic acids is 1. The Hall–Kier alpha value is -1.36. The lowest BCUT2D eigenvalue weighted by Crippen LogP contribution is -2.52. The number of carbonyl (C=O) groups is 2. The second kappa shape index (κ2) is 4.25. The molecule has 2 aliphatic rings. The lowest BCUT2D eigenvalue weighted by Gasteiger charge is -2.39. The van der Waals surface area contributed by atoms with Crippen LogP contribution >= 0.6 is 0 Å². The van der Waals surface area contributed by atoms with Crippen LogP contribution in [0.2, 0.25) is 0 Å². The number of likely N-dealkylation sites (tertiary alicyclic amines) is 1. The summed E-state index contributed by atoms with van der Waals surface area (Å²) in [5.74, 6) is -0.674. The summed E-state index contributed by atoms with van der Waals surface area (Å²) in [6.45, 7) is 1.15. The molecule has 0 saturated carbocycles. The summed E-state index contributed by atoms with van der Waals surface area (Å²) < 4.78 is 0. The lowest BCUT2D eigenvalue weighted by atomic mass is 9.94. The highest BCUT2D eigenvalue weighted by molar-refractivity contribution is 5.82. The number of rotatable bonds is 3. The van der Waals surface area contributed by atoms with Gasteiger partial charge in [-0.3, -0.25) is 9.59 Å². The Bertz CT molecular complexity index is 334. The first kappa shape index (κ1) is 11.1. The summed E-state index contributed by atoms with van der Waals surface area (Å²) in [6, 6.07) is -0.00922. The fourth-order valence-corrected chi connectivity index (χ4v) is 2.27. The average Bonchev–Trinajstić information content (AvgIpc) is 2.56. The summed E-state index contributed by atoms with van der Waals surface area (Å²) >= 11 is 0. The molecule has 1 heterocycles. The van der Waals surface area contributed by atoms with Crippen molar-refractivity contribution >= 4 is 11.9 Å². The van der Waals surface area contributed by atoms with E-state index >= 15 is 0 Å². The van der Waals surface area contributed by atoms with E-state index in [2.05, 4.69) is 0 Å². The van der Waals surface area contributed by atoms with E-state index in [9.17, 15) is 9.59 Å². The first-order chi connectivity index (χ1) is 7.56. The lowest BCUT2D eigenvalue weighted by molar-refractivity contribution is -0.146. The second-order valence-electron chi connectivity index (χ2n) is 4.60. The molecule has 88 valence electrons. The Morgan fingerprint density at radius 2 is 2.06 bits per heavy atom. The van der Waals surface area contributed by atoms with Crippen LogP contribution in [0.15, 0.2) is 12.2 Å². The molecule has 0 aromatic rings. The van der Waals surface area contributed by atoms with Crippen LogP contribution in [-0.2, 0) is 9.59 Å². The predicted molar refractivity (Wildman–Crippen MR) is 57.5 cm³/mol. The number of amides is 1. The van der Waals surface area contributed by atoms with Gasteiger partial charge in [0.15, 0.2) is 0 Å². The first-order valence-electron chi connectivity index (χ1n) is 5.50. The number of hydrogen-bond donors (Lipinski definition) is 2. The Labute approximate surface area is 93.9 Å². The molecule has 1 aliphatic carbocycles. The molecule has 5 nitrogen and oxygen atoms in total. The van der Waals surface area contributed by atoms with Crippen molar-refractivity contribution in [1.29, 1.82) is 0 Å². The van der Waals surface area contributed by atoms with E-state index in [4.69, 9.17) is 10.8 Å². The minimum atomic E-state index is -0.792. The quantitative estimate of drug-likeness (QED) is 0.651.